The van der Waals surface area contributed by atoms with Crippen LogP contribution in [0.2, 0.25) is 0 Å². The van der Waals surface area contributed by atoms with Crippen molar-refractivity contribution in [3.05, 3.63) is 40.8 Å². The number of benzene rings is 1. The normalized spacial score (nSPS) is 11.1. The Kier molecular flexibility index (Phi) is 6.36. The zero-order valence-electron chi connectivity index (χ0n) is 7.84. The molecule has 1 aromatic carbocycles. The van der Waals surface area contributed by atoms with E-state index in [0.717, 1.165) is 5.56 Å². The Morgan fingerprint density at radius 1 is 1.36 bits per heavy atom. The number of nitrogens with zero attached hydrogens (tertiary/aromatic N) is 1. The summed E-state index contributed by atoms with van der Waals surface area (Å²) < 4.78 is 0. The molecule has 0 radical (unpaired) electrons. The van der Waals surface area contributed by atoms with Gasteiger partial charge < -0.3 is 9.90 Å². The van der Waals surface area contributed by atoms with Crippen LogP contribution in [0.15, 0.2) is 35.5 Å². The van der Waals surface area contributed by atoms with Crippen LogP contribution >= 0.6 is 0 Å². The Balaban J connectivity index is 0.00000169. The molecule has 0 amide bonds. The zero-order chi connectivity index (χ0) is 9.68. The molecule has 0 unspecified atom stereocenters. The maximum absolute atomic E-state index is 10.3. The van der Waals surface area contributed by atoms with Gasteiger partial charge in [-0.05, 0) is 5.56 Å². The van der Waals surface area contributed by atoms with Gasteiger partial charge in [-0.25, -0.2) is 0 Å². The van der Waals surface area contributed by atoms with Gasteiger partial charge in [0, 0.05) is 6.42 Å². The number of hydrogen-bond donors (Lipinski definition) is 0. The Labute approximate surface area is 104 Å². The molecular weight excluding hydrogens is 193 g/mol. The van der Waals surface area contributed by atoms with E-state index in [1.807, 2.05) is 6.07 Å². The van der Waals surface area contributed by atoms with Crippen molar-refractivity contribution in [2.75, 3.05) is 0 Å². The second-order valence-corrected chi connectivity index (χ2v) is 2.63. The van der Waals surface area contributed by atoms with E-state index in [-0.39, 0.29) is 36.0 Å². The molecule has 5 heteroatoms. The van der Waals surface area contributed by atoms with Crippen LogP contribution in [0.3, 0.4) is 0 Å². The van der Waals surface area contributed by atoms with Crippen LogP contribution in [0.1, 0.15) is 5.56 Å². The summed E-state index contributed by atoms with van der Waals surface area (Å²) in [5.74, 6) is -1.43. The van der Waals surface area contributed by atoms with Crippen molar-refractivity contribution in [3.63, 3.8) is 0 Å². The Morgan fingerprint density at radius 2 is 1.93 bits per heavy atom. The molecule has 0 N–H and O–H groups in total. The summed E-state index contributed by atoms with van der Waals surface area (Å²) in [6.07, 6.45) is 0.0900. The summed E-state index contributed by atoms with van der Waals surface area (Å²) in [5, 5.41) is 12.8. The van der Waals surface area contributed by atoms with E-state index in [1.54, 1.807) is 24.3 Å². The minimum absolute atomic E-state index is 0. The van der Waals surface area contributed by atoms with Gasteiger partial charge in [0.15, 0.2) is 0 Å². The quantitative estimate of drug-likeness (QED) is 0.388. The van der Waals surface area contributed by atoms with E-state index < -0.39 is 12.0 Å². The molecule has 14 heavy (non-hydrogen) atoms. The molecule has 0 aliphatic heterocycles. The molecule has 0 aromatic heterocycles. The van der Waals surface area contributed by atoms with Crippen molar-refractivity contribution in [1.82, 2.24) is 0 Å². The van der Waals surface area contributed by atoms with Crippen LogP contribution in [0.5, 0.6) is 0 Å². The van der Waals surface area contributed by atoms with Gasteiger partial charge in [0.1, 0.15) is 6.04 Å². The van der Waals surface area contributed by atoms with Gasteiger partial charge in [-0.3, -0.25) is 0 Å². The third-order valence-electron chi connectivity index (χ3n) is 1.67. The molecule has 1 rings (SSSR count). The van der Waals surface area contributed by atoms with Gasteiger partial charge in [0.2, 0.25) is 0 Å². The first-order valence-corrected chi connectivity index (χ1v) is 3.81. The number of carboxylic acids is 1. The van der Waals surface area contributed by atoms with Crippen molar-refractivity contribution >= 4 is 5.97 Å². The van der Waals surface area contributed by atoms with E-state index in [0.29, 0.717) is 0 Å². The molecule has 0 bridgehead atoms. The molecule has 0 aliphatic rings. The fourth-order valence-electron chi connectivity index (χ4n) is 1.00. The van der Waals surface area contributed by atoms with Crippen molar-refractivity contribution in [3.8, 4) is 0 Å². The molecule has 0 spiro atoms. The van der Waals surface area contributed by atoms with E-state index in [2.05, 4.69) is 5.18 Å². The number of rotatable bonds is 4. The topological polar surface area (TPSA) is 69.6 Å². The van der Waals surface area contributed by atoms with E-state index >= 15 is 0 Å². The molecule has 0 fully saturated rings. The smallest absolute Gasteiger partial charge is 0.548 e. The minimum Gasteiger partial charge on any atom is -0.548 e. The van der Waals surface area contributed by atoms with E-state index in [4.69, 9.17) is 0 Å². The van der Waals surface area contributed by atoms with Gasteiger partial charge in [0.05, 0.1) is 5.97 Å². The Bertz CT molecular complexity index is 302. The fraction of sp³-hybridized carbons (Fsp3) is 0.222. The molecule has 1 atom stereocenters. The van der Waals surface area contributed by atoms with Crippen molar-refractivity contribution in [2.24, 2.45) is 5.18 Å². The van der Waals surface area contributed by atoms with Gasteiger partial charge in [-0.15, -0.1) is 0 Å². The summed E-state index contributed by atoms with van der Waals surface area (Å²) >= 11 is 0. The van der Waals surface area contributed by atoms with Crippen molar-refractivity contribution < 1.29 is 39.5 Å². The van der Waals surface area contributed by atoms with Gasteiger partial charge in [-0.1, -0.05) is 35.5 Å². The number of nitroso groups, excluding NO2 is 1. The number of aliphatic carboxylic acids is 1. The SMILES string of the molecule is O=N[C@@H](Cc1ccccc1)C(=O)[O-].[Na+]. The molecule has 0 aliphatic carbocycles. The molecule has 68 valence electrons. The summed E-state index contributed by atoms with van der Waals surface area (Å²) in [6.45, 7) is 0. The van der Waals surface area contributed by atoms with Gasteiger partial charge in [-0.2, -0.15) is 4.91 Å². The summed E-state index contributed by atoms with van der Waals surface area (Å²) in [4.78, 5) is 20.4. The third kappa shape index (κ3) is 4.00. The summed E-state index contributed by atoms with van der Waals surface area (Å²) in [7, 11) is 0. The average Bonchev–Trinajstić information content (AvgIpc) is 2.15. The van der Waals surface area contributed by atoms with Crippen molar-refractivity contribution in [1.29, 1.82) is 0 Å². The number of carbonyl (C=O) groups is 1. The maximum Gasteiger partial charge on any atom is 1.00 e. The molecule has 1 aromatic rings. The van der Waals surface area contributed by atoms with Crippen LogP contribution in [-0.2, 0) is 11.2 Å². The molecule has 0 heterocycles. The first kappa shape index (κ1) is 13.3. The third-order valence-corrected chi connectivity index (χ3v) is 1.67. The average molecular weight is 201 g/mol. The standard InChI is InChI=1S/C9H9NO3.Na/c11-9(12)8(10-13)6-7-4-2-1-3-5-7;/h1-5,8H,6H2,(H,11,12);/q;+1/p-1/t8-;/m0./s1. The molecule has 4 nitrogen and oxygen atoms in total. The Morgan fingerprint density at radius 3 is 2.36 bits per heavy atom. The van der Waals surface area contributed by atoms with Crippen molar-refractivity contribution in [2.45, 2.75) is 12.5 Å². The van der Waals surface area contributed by atoms with Crippen LogP contribution in [0, 0.1) is 4.91 Å². The number of carbonyl (C=O) groups excluding carboxylic acids is 1. The van der Waals surface area contributed by atoms with E-state index in [9.17, 15) is 14.8 Å². The summed E-state index contributed by atoms with van der Waals surface area (Å²) in [6, 6.07) is 7.54. The van der Waals surface area contributed by atoms with Crippen LogP contribution in [0.25, 0.3) is 0 Å². The van der Waals surface area contributed by atoms with Gasteiger partial charge >= 0.3 is 29.6 Å². The summed E-state index contributed by atoms with van der Waals surface area (Å²) in [5.41, 5.74) is 0.760. The van der Waals surface area contributed by atoms with Crippen LogP contribution < -0.4 is 34.7 Å². The predicted molar refractivity (Wildman–Crippen MR) is 44.7 cm³/mol. The molecule has 0 saturated carbocycles. The largest absolute Gasteiger partial charge is 1.00 e. The molecule has 0 saturated heterocycles. The zero-order valence-corrected chi connectivity index (χ0v) is 9.84. The fourth-order valence-corrected chi connectivity index (χ4v) is 1.00. The molecular formula is C9H8NNaO3. The second-order valence-electron chi connectivity index (χ2n) is 2.63. The second kappa shape index (κ2) is 6.70. The first-order valence-electron chi connectivity index (χ1n) is 3.81. The van der Waals surface area contributed by atoms with Gasteiger partial charge in [0.25, 0.3) is 0 Å². The van der Waals surface area contributed by atoms with Crippen LogP contribution in [0.4, 0.5) is 0 Å². The monoisotopic (exact) mass is 201 g/mol. The number of carboxylic acid groups (broad SMARTS) is 1. The minimum atomic E-state index is -1.43. The first-order chi connectivity index (χ1) is 6.24. The Hall–Kier alpha value is -0.710. The van der Waals surface area contributed by atoms with Crippen LogP contribution in [-0.4, -0.2) is 12.0 Å². The van der Waals surface area contributed by atoms with E-state index in [1.165, 1.54) is 0 Å². The maximum atomic E-state index is 10.3. The number of hydrogen-bond acceptors (Lipinski definition) is 4. The predicted octanol–water partition coefficient (Wildman–Crippen LogP) is -2.88.